The summed E-state index contributed by atoms with van der Waals surface area (Å²) < 4.78 is 16.2. The molecule has 0 saturated carbocycles. The summed E-state index contributed by atoms with van der Waals surface area (Å²) in [6.45, 7) is 6.74. The predicted molar refractivity (Wildman–Crippen MR) is 106 cm³/mol. The number of ether oxygens (including phenoxy) is 2. The number of carbonyl (C=O) groups is 2. The van der Waals surface area contributed by atoms with Gasteiger partial charge in [0.1, 0.15) is 11.8 Å². The van der Waals surface area contributed by atoms with E-state index in [0.717, 1.165) is 5.56 Å². The fourth-order valence-electron chi connectivity index (χ4n) is 2.41. The van der Waals surface area contributed by atoms with Gasteiger partial charge in [-0.3, -0.25) is 9.59 Å². The molecule has 1 aromatic heterocycles. The Balaban J connectivity index is 1.89. The van der Waals surface area contributed by atoms with Crippen LogP contribution in [0.15, 0.2) is 47.1 Å². The number of hydrogen-bond donors (Lipinski definition) is 2. The Morgan fingerprint density at radius 1 is 1.14 bits per heavy atom. The van der Waals surface area contributed by atoms with Crippen LogP contribution in [0.3, 0.4) is 0 Å². The molecule has 0 radical (unpaired) electrons. The van der Waals surface area contributed by atoms with Crippen LogP contribution in [0.2, 0.25) is 0 Å². The van der Waals surface area contributed by atoms with E-state index >= 15 is 0 Å². The summed E-state index contributed by atoms with van der Waals surface area (Å²) in [5.41, 5.74) is 0.789. The third-order valence-corrected chi connectivity index (χ3v) is 3.76. The lowest BCUT2D eigenvalue weighted by Gasteiger charge is -2.12. The zero-order valence-electron chi connectivity index (χ0n) is 16.4. The van der Waals surface area contributed by atoms with E-state index < -0.39 is 6.04 Å². The normalized spacial score (nSPS) is 11.8. The topological polar surface area (TPSA) is 89.8 Å². The van der Waals surface area contributed by atoms with Gasteiger partial charge in [0.25, 0.3) is 0 Å². The second-order valence-electron chi connectivity index (χ2n) is 5.93. The first-order valence-electron chi connectivity index (χ1n) is 9.21. The Morgan fingerprint density at radius 3 is 2.57 bits per heavy atom. The summed E-state index contributed by atoms with van der Waals surface area (Å²) >= 11 is 0. The smallest absolute Gasteiger partial charge is 0.244 e. The monoisotopic (exact) mass is 386 g/mol. The van der Waals surface area contributed by atoms with Gasteiger partial charge in [-0.2, -0.15) is 0 Å². The zero-order chi connectivity index (χ0) is 20.4. The molecule has 2 amide bonds. The van der Waals surface area contributed by atoms with Crippen LogP contribution in [0.5, 0.6) is 11.5 Å². The van der Waals surface area contributed by atoms with Crippen molar-refractivity contribution < 1.29 is 23.5 Å². The van der Waals surface area contributed by atoms with Crippen LogP contribution in [-0.2, 0) is 16.1 Å². The molecule has 0 bridgehead atoms. The minimum atomic E-state index is -0.675. The van der Waals surface area contributed by atoms with Gasteiger partial charge < -0.3 is 24.5 Å². The molecule has 2 N–H and O–H groups in total. The number of benzene rings is 1. The van der Waals surface area contributed by atoms with Crippen LogP contribution < -0.4 is 20.1 Å². The van der Waals surface area contributed by atoms with E-state index in [0.29, 0.717) is 30.5 Å². The molecule has 0 aliphatic carbocycles. The molecular weight excluding hydrogens is 360 g/mol. The van der Waals surface area contributed by atoms with Crippen LogP contribution in [0.4, 0.5) is 0 Å². The van der Waals surface area contributed by atoms with Gasteiger partial charge in [0.2, 0.25) is 11.8 Å². The molecule has 7 heteroatoms. The van der Waals surface area contributed by atoms with Gasteiger partial charge in [0.05, 0.1) is 26.0 Å². The summed E-state index contributed by atoms with van der Waals surface area (Å²) in [6, 6.07) is 8.27. The second kappa shape index (κ2) is 10.8. The predicted octanol–water partition coefficient (Wildman–Crippen LogP) is 2.91. The number of furan rings is 1. The van der Waals surface area contributed by atoms with E-state index in [1.807, 2.05) is 19.9 Å². The molecule has 0 fully saturated rings. The number of hydrogen-bond acceptors (Lipinski definition) is 5. The summed E-state index contributed by atoms with van der Waals surface area (Å²) in [7, 11) is 0. The van der Waals surface area contributed by atoms with Crippen LogP contribution in [-0.4, -0.2) is 31.1 Å². The molecule has 0 spiro atoms. The highest BCUT2D eigenvalue weighted by Gasteiger charge is 2.14. The van der Waals surface area contributed by atoms with Crippen molar-refractivity contribution in [2.24, 2.45) is 0 Å². The van der Waals surface area contributed by atoms with Crippen molar-refractivity contribution in [2.45, 2.75) is 33.4 Å². The summed E-state index contributed by atoms with van der Waals surface area (Å²) in [4.78, 5) is 24.1. The Bertz CT molecular complexity index is 799. The fourth-order valence-corrected chi connectivity index (χ4v) is 2.41. The standard InChI is InChI=1S/C21H26N2O5/c1-4-26-18-10-8-16(13-19(18)27-5-2)9-11-20(24)23-15(3)21(25)22-14-17-7-6-12-28-17/h6-13,15H,4-5,14H2,1-3H3,(H,22,25)(H,23,24)/b11-9+. The van der Waals surface area contributed by atoms with E-state index in [4.69, 9.17) is 13.9 Å². The molecule has 1 aromatic carbocycles. The van der Waals surface area contributed by atoms with Gasteiger partial charge >= 0.3 is 0 Å². The van der Waals surface area contributed by atoms with Gasteiger partial charge in [-0.1, -0.05) is 6.07 Å². The maximum absolute atomic E-state index is 12.1. The summed E-state index contributed by atoms with van der Waals surface area (Å²) in [5.74, 6) is 1.27. The molecule has 28 heavy (non-hydrogen) atoms. The van der Waals surface area contributed by atoms with Crippen molar-refractivity contribution in [2.75, 3.05) is 13.2 Å². The van der Waals surface area contributed by atoms with E-state index in [1.165, 1.54) is 12.3 Å². The van der Waals surface area contributed by atoms with Crippen molar-refractivity contribution in [3.05, 3.63) is 54.0 Å². The van der Waals surface area contributed by atoms with Crippen molar-refractivity contribution in [1.29, 1.82) is 0 Å². The van der Waals surface area contributed by atoms with Crippen LogP contribution in [0, 0.1) is 0 Å². The number of carbonyl (C=O) groups excluding carboxylic acids is 2. The zero-order valence-corrected chi connectivity index (χ0v) is 16.4. The Morgan fingerprint density at radius 2 is 1.89 bits per heavy atom. The number of nitrogens with one attached hydrogen (secondary N) is 2. The SMILES string of the molecule is CCOc1ccc(/C=C/C(=O)NC(C)C(=O)NCc2ccco2)cc1OCC. The van der Waals surface area contributed by atoms with Crippen molar-refractivity contribution >= 4 is 17.9 Å². The van der Waals surface area contributed by atoms with Crippen molar-refractivity contribution in [3.8, 4) is 11.5 Å². The lowest BCUT2D eigenvalue weighted by Crippen LogP contribution is -2.44. The Labute approximate surface area is 164 Å². The highest BCUT2D eigenvalue weighted by Crippen LogP contribution is 2.28. The molecular formula is C21H26N2O5. The Kier molecular flexibility index (Phi) is 8.14. The quantitative estimate of drug-likeness (QED) is 0.613. The lowest BCUT2D eigenvalue weighted by atomic mass is 10.2. The third-order valence-electron chi connectivity index (χ3n) is 3.76. The molecule has 2 rings (SSSR count). The highest BCUT2D eigenvalue weighted by molar-refractivity contribution is 5.95. The van der Waals surface area contributed by atoms with Gasteiger partial charge in [-0.25, -0.2) is 0 Å². The van der Waals surface area contributed by atoms with E-state index in [2.05, 4.69) is 10.6 Å². The molecule has 1 heterocycles. The van der Waals surface area contributed by atoms with E-state index in [1.54, 1.807) is 37.3 Å². The maximum atomic E-state index is 12.1. The van der Waals surface area contributed by atoms with Crippen LogP contribution in [0.25, 0.3) is 6.08 Å². The van der Waals surface area contributed by atoms with Gasteiger partial charge in [0.15, 0.2) is 11.5 Å². The molecule has 0 saturated heterocycles. The van der Waals surface area contributed by atoms with Crippen molar-refractivity contribution in [3.63, 3.8) is 0 Å². The minimum Gasteiger partial charge on any atom is -0.490 e. The van der Waals surface area contributed by atoms with Crippen molar-refractivity contribution in [1.82, 2.24) is 10.6 Å². The Hall–Kier alpha value is -3.22. The first-order valence-corrected chi connectivity index (χ1v) is 9.21. The van der Waals surface area contributed by atoms with Gasteiger partial charge in [-0.05, 0) is 56.7 Å². The largest absolute Gasteiger partial charge is 0.490 e. The number of rotatable bonds is 10. The maximum Gasteiger partial charge on any atom is 0.244 e. The molecule has 150 valence electrons. The van der Waals surface area contributed by atoms with E-state index in [-0.39, 0.29) is 18.4 Å². The average Bonchev–Trinajstić information content (AvgIpc) is 3.20. The summed E-state index contributed by atoms with van der Waals surface area (Å²) in [6.07, 6.45) is 4.57. The lowest BCUT2D eigenvalue weighted by molar-refractivity contribution is -0.126. The average molecular weight is 386 g/mol. The van der Waals surface area contributed by atoms with Crippen LogP contribution >= 0.6 is 0 Å². The molecule has 1 unspecified atom stereocenters. The first kappa shape index (κ1) is 21.1. The molecule has 7 nitrogen and oxygen atoms in total. The minimum absolute atomic E-state index is 0.272. The van der Waals surface area contributed by atoms with Gasteiger partial charge in [0, 0.05) is 6.08 Å². The molecule has 0 aliphatic heterocycles. The second-order valence-corrected chi connectivity index (χ2v) is 5.93. The number of amides is 2. The third kappa shape index (κ3) is 6.50. The highest BCUT2D eigenvalue weighted by atomic mass is 16.5. The van der Waals surface area contributed by atoms with E-state index in [9.17, 15) is 9.59 Å². The first-order chi connectivity index (χ1) is 13.5. The fraction of sp³-hybridized carbons (Fsp3) is 0.333. The summed E-state index contributed by atoms with van der Waals surface area (Å²) in [5, 5.41) is 5.33. The van der Waals surface area contributed by atoms with Crippen LogP contribution in [0.1, 0.15) is 32.1 Å². The van der Waals surface area contributed by atoms with Gasteiger partial charge in [-0.15, -0.1) is 0 Å². The molecule has 1 atom stereocenters. The molecule has 0 aliphatic rings. The molecule has 2 aromatic rings.